The molecule has 4 rings (SSSR count). The van der Waals surface area contributed by atoms with Crippen LogP contribution in [0.15, 0.2) is 39.9 Å². The van der Waals surface area contributed by atoms with Crippen molar-refractivity contribution in [1.29, 1.82) is 0 Å². The highest BCUT2D eigenvalue weighted by atomic mass is 32.2. The number of unbranched alkanes of at least 4 members (excludes halogenated alkanes) is 1. The van der Waals surface area contributed by atoms with Crippen LogP contribution in [0.2, 0.25) is 0 Å². The summed E-state index contributed by atoms with van der Waals surface area (Å²) in [6.07, 6.45) is 2.55. The second kappa shape index (κ2) is 9.09. The molecule has 0 aliphatic carbocycles. The molecule has 1 aromatic carbocycles. The number of nitrogens with one attached hydrogen (secondary N) is 1. The zero-order valence-electron chi connectivity index (χ0n) is 18.9. The predicted molar refractivity (Wildman–Crippen MR) is 129 cm³/mol. The van der Waals surface area contributed by atoms with Gasteiger partial charge >= 0.3 is 5.69 Å². The molecule has 0 saturated carbocycles. The van der Waals surface area contributed by atoms with Gasteiger partial charge in [0.15, 0.2) is 5.69 Å². The number of nitrogens with two attached hydrogens (primary N) is 1. The number of H-pyrrole nitrogens is 1. The molecular formula is C23H29N5O4S. The fourth-order valence-electron chi connectivity index (χ4n) is 4.59. The molecule has 0 radical (unpaired) electrons. The summed E-state index contributed by atoms with van der Waals surface area (Å²) >= 11 is 1.59. The Kier molecular flexibility index (Phi) is 6.38. The Labute approximate surface area is 195 Å². The summed E-state index contributed by atoms with van der Waals surface area (Å²) in [6, 6.07) is 8.61. The first-order chi connectivity index (χ1) is 15.8. The Bertz CT molecular complexity index is 1180. The smallest absolute Gasteiger partial charge is 0.330 e. The van der Waals surface area contributed by atoms with E-state index in [4.69, 9.17) is 5.73 Å². The molecule has 0 spiro atoms. The van der Waals surface area contributed by atoms with E-state index in [1.165, 1.54) is 9.47 Å². The monoisotopic (exact) mass is 471 g/mol. The van der Waals surface area contributed by atoms with Crippen molar-refractivity contribution in [1.82, 2.24) is 14.5 Å². The first kappa shape index (κ1) is 23.2. The van der Waals surface area contributed by atoms with Gasteiger partial charge in [-0.3, -0.25) is 23.9 Å². The van der Waals surface area contributed by atoms with Gasteiger partial charge in [0.1, 0.15) is 11.9 Å². The normalized spacial score (nSPS) is 21.9. The lowest BCUT2D eigenvalue weighted by Gasteiger charge is -2.33. The maximum absolute atomic E-state index is 13.8. The summed E-state index contributed by atoms with van der Waals surface area (Å²) in [5.74, 6) is 0.0213. The molecule has 2 saturated heterocycles. The highest BCUT2D eigenvalue weighted by Crippen LogP contribution is 2.47. The number of hydrogen-bond donors (Lipinski definition) is 2. The van der Waals surface area contributed by atoms with E-state index in [9.17, 15) is 19.2 Å². The SMILES string of the molecule is CCCCN(C(=O)[C@@H]1CS[C@]2(C)CCC(=O)N12)c1c(N)n(Cc2ccccc2)c(=O)[nH]c1=O. The van der Waals surface area contributed by atoms with Gasteiger partial charge in [-0.05, 0) is 25.3 Å². The molecule has 2 amide bonds. The summed E-state index contributed by atoms with van der Waals surface area (Å²) in [5, 5.41) is 0. The number of aromatic amines is 1. The van der Waals surface area contributed by atoms with Gasteiger partial charge in [0.05, 0.1) is 11.4 Å². The van der Waals surface area contributed by atoms with Crippen molar-refractivity contribution in [2.75, 3.05) is 22.9 Å². The molecule has 2 aromatic rings. The largest absolute Gasteiger partial charge is 0.383 e. The molecule has 1 aromatic heterocycles. The van der Waals surface area contributed by atoms with E-state index < -0.39 is 22.2 Å². The first-order valence-electron chi connectivity index (χ1n) is 11.2. The number of benzene rings is 1. The number of amides is 2. The van der Waals surface area contributed by atoms with E-state index in [1.807, 2.05) is 44.2 Å². The number of anilines is 2. The van der Waals surface area contributed by atoms with Crippen molar-refractivity contribution in [3.63, 3.8) is 0 Å². The van der Waals surface area contributed by atoms with Crippen LogP contribution >= 0.6 is 11.8 Å². The molecule has 2 atom stereocenters. The number of nitrogens with zero attached hydrogens (tertiary/aromatic N) is 3. The van der Waals surface area contributed by atoms with Gasteiger partial charge in [-0.1, -0.05) is 43.7 Å². The maximum atomic E-state index is 13.8. The summed E-state index contributed by atoms with van der Waals surface area (Å²) < 4.78 is 1.27. The topological polar surface area (TPSA) is 121 Å². The number of aromatic nitrogens is 2. The van der Waals surface area contributed by atoms with Gasteiger partial charge in [-0.2, -0.15) is 0 Å². The van der Waals surface area contributed by atoms with Crippen molar-refractivity contribution < 1.29 is 9.59 Å². The van der Waals surface area contributed by atoms with Crippen LogP contribution in [0.1, 0.15) is 45.1 Å². The number of thioether (sulfide) groups is 1. The third kappa shape index (κ3) is 4.19. The quantitative estimate of drug-likeness (QED) is 0.635. The highest BCUT2D eigenvalue weighted by molar-refractivity contribution is 8.01. The fourth-order valence-corrected chi connectivity index (χ4v) is 6.02. The lowest BCUT2D eigenvalue weighted by Crippen LogP contribution is -2.53. The third-order valence-corrected chi connectivity index (χ3v) is 7.90. The van der Waals surface area contributed by atoms with E-state index in [1.54, 1.807) is 16.7 Å². The van der Waals surface area contributed by atoms with Crippen LogP contribution in [0, 0.1) is 0 Å². The molecule has 33 heavy (non-hydrogen) atoms. The number of rotatable bonds is 7. The Morgan fingerprint density at radius 2 is 2.00 bits per heavy atom. The van der Waals surface area contributed by atoms with Gasteiger partial charge in [-0.25, -0.2) is 4.79 Å². The van der Waals surface area contributed by atoms with Crippen LogP contribution in [0.5, 0.6) is 0 Å². The van der Waals surface area contributed by atoms with Crippen molar-refractivity contribution in [3.05, 3.63) is 56.7 Å². The molecule has 9 nitrogen and oxygen atoms in total. The summed E-state index contributed by atoms with van der Waals surface area (Å²) in [4.78, 5) is 56.8. The number of carbonyl (C=O) groups is 2. The van der Waals surface area contributed by atoms with E-state index in [2.05, 4.69) is 4.98 Å². The molecule has 0 bridgehead atoms. The number of carbonyl (C=O) groups excluding carboxylic acids is 2. The van der Waals surface area contributed by atoms with Crippen molar-refractivity contribution >= 4 is 35.1 Å². The van der Waals surface area contributed by atoms with Gasteiger partial charge in [0.25, 0.3) is 11.5 Å². The minimum absolute atomic E-state index is 0.0331. The summed E-state index contributed by atoms with van der Waals surface area (Å²) in [7, 11) is 0. The zero-order valence-corrected chi connectivity index (χ0v) is 19.7. The molecular weight excluding hydrogens is 442 g/mol. The van der Waals surface area contributed by atoms with E-state index in [0.717, 1.165) is 12.0 Å². The second-order valence-corrected chi connectivity index (χ2v) is 10.2. The van der Waals surface area contributed by atoms with E-state index in [0.29, 0.717) is 25.0 Å². The Balaban J connectivity index is 1.75. The molecule has 3 heterocycles. The van der Waals surface area contributed by atoms with Crippen LogP contribution in [-0.4, -0.2) is 49.5 Å². The van der Waals surface area contributed by atoms with Crippen LogP contribution < -0.4 is 21.9 Å². The lowest BCUT2D eigenvalue weighted by molar-refractivity contribution is -0.136. The average molecular weight is 472 g/mol. The Hall–Kier alpha value is -3.01. The Morgan fingerprint density at radius 1 is 1.27 bits per heavy atom. The van der Waals surface area contributed by atoms with Crippen molar-refractivity contribution in [3.8, 4) is 0 Å². The number of nitrogen functional groups attached to an aromatic ring is 1. The standard InChI is InChI=1S/C23H29N5O4S/c1-3-4-12-26(21(31)16-14-33-23(2)11-10-17(29)28(16)23)18-19(24)27(22(32)25-20(18)30)13-15-8-6-5-7-9-15/h5-9,16H,3-4,10-14,24H2,1-2H3,(H,25,30,32)/t16-,23+/m0/s1. The van der Waals surface area contributed by atoms with Crippen LogP contribution in [0.3, 0.4) is 0 Å². The lowest BCUT2D eigenvalue weighted by atomic mass is 10.1. The fraction of sp³-hybridized carbons (Fsp3) is 0.478. The van der Waals surface area contributed by atoms with Gasteiger partial charge in [-0.15, -0.1) is 11.8 Å². The maximum Gasteiger partial charge on any atom is 0.330 e. The Morgan fingerprint density at radius 3 is 2.70 bits per heavy atom. The average Bonchev–Trinajstić information content (AvgIpc) is 3.29. The minimum atomic E-state index is -0.701. The molecule has 2 fully saturated rings. The van der Waals surface area contributed by atoms with E-state index in [-0.39, 0.29) is 36.4 Å². The highest BCUT2D eigenvalue weighted by Gasteiger charge is 2.54. The molecule has 3 N–H and O–H groups in total. The molecule has 2 aliphatic rings. The van der Waals surface area contributed by atoms with Crippen molar-refractivity contribution in [2.24, 2.45) is 0 Å². The molecule has 176 valence electrons. The third-order valence-electron chi connectivity index (χ3n) is 6.40. The van der Waals surface area contributed by atoms with E-state index >= 15 is 0 Å². The summed E-state index contributed by atoms with van der Waals surface area (Å²) in [6.45, 7) is 4.39. The zero-order chi connectivity index (χ0) is 23.8. The summed E-state index contributed by atoms with van der Waals surface area (Å²) in [5.41, 5.74) is 5.83. The van der Waals surface area contributed by atoms with Gasteiger partial charge < -0.3 is 15.5 Å². The molecule has 10 heteroatoms. The minimum Gasteiger partial charge on any atom is -0.383 e. The van der Waals surface area contributed by atoms with Gasteiger partial charge in [0.2, 0.25) is 5.91 Å². The van der Waals surface area contributed by atoms with Crippen molar-refractivity contribution in [2.45, 2.75) is 57.0 Å². The number of fused-ring (bicyclic) bond motifs is 1. The van der Waals surface area contributed by atoms with Crippen LogP contribution in [-0.2, 0) is 16.1 Å². The second-order valence-electron chi connectivity index (χ2n) is 8.67. The van der Waals surface area contributed by atoms with Gasteiger partial charge in [0, 0.05) is 18.7 Å². The first-order valence-corrected chi connectivity index (χ1v) is 12.2. The van der Waals surface area contributed by atoms with Crippen LogP contribution in [0.4, 0.5) is 11.5 Å². The molecule has 0 unspecified atom stereocenters. The molecule has 2 aliphatic heterocycles. The number of hydrogen-bond acceptors (Lipinski definition) is 6. The predicted octanol–water partition coefficient (Wildman–Crippen LogP) is 1.75. The van der Waals surface area contributed by atoms with Crippen LogP contribution in [0.25, 0.3) is 0 Å².